The molecule has 1 aromatic carbocycles. The highest BCUT2D eigenvalue weighted by Crippen LogP contribution is 2.26. The van der Waals surface area contributed by atoms with Gasteiger partial charge in [0, 0.05) is 25.3 Å². The van der Waals surface area contributed by atoms with Crippen LogP contribution in [0.15, 0.2) is 24.3 Å². The van der Waals surface area contributed by atoms with E-state index < -0.39 is 4.92 Å². The number of hydrogen-bond donors (Lipinski definition) is 1. The number of nitro groups is 1. The smallest absolute Gasteiger partial charge is 0.312 e. The highest BCUT2D eigenvalue weighted by Gasteiger charge is 2.22. The summed E-state index contributed by atoms with van der Waals surface area (Å²) in [4.78, 5) is 25.0. The quantitative estimate of drug-likeness (QED) is 0.630. The van der Waals surface area contributed by atoms with Gasteiger partial charge >= 0.3 is 5.69 Å². The topological polar surface area (TPSA) is 93.3 Å². The van der Waals surface area contributed by atoms with Crippen molar-refractivity contribution in [3.05, 3.63) is 51.3 Å². The molecule has 0 saturated carbocycles. The molecule has 2 heterocycles. The Hall–Kier alpha value is -2.90. The number of fused-ring (bicyclic) bond motifs is 1. The number of rotatable bonds is 6. The first-order valence-electron chi connectivity index (χ1n) is 8.75. The number of carbonyl (C=O) groups excluding carboxylic acids is 1. The highest BCUT2D eigenvalue weighted by atomic mass is 16.6. The zero-order valence-corrected chi connectivity index (χ0v) is 15.1. The zero-order valence-electron chi connectivity index (χ0n) is 15.1. The Kier molecular flexibility index (Phi) is 5.20. The molecule has 1 aliphatic rings. The number of aromatic nitrogens is 2. The van der Waals surface area contributed by atoms with E-state index in [1.54, 1.807) is 13.8 Å². The minimum absolute atomic E-state index is 0.0168. The maximum atomic E-state index is 12.2. The third kappa shape index (κ3) is 3.68. The van der Waals surface area contributed by atoms with Crippen LogP contribution < -0.4 is 10.2 Å². The summed E-state index contributed by atoms with van der Waals surface area (Å²) in [6.07, 6.45) is 2.20. The van der Waals surface area contributed by atoms with E-state index in [1.165, 1.54) is 15.9 Å². The van der Waals surface area contributed by atoms with E-state index in [9.17, 15) is 14.9 Å². The van der Waals surface area contributed by atoms with Gasteiger partial charge in [-0.3, -0.25) is 19.6 Å². The Morgan fingerprint density at radius 2 is 2.12 bits per heavy atom. The molecule has 26 heavy (non-hydrogen) atoms. The van der Waals surface area contributed by atoms with Crippen molar-refractivity contribution in [2.45, 2.75) is 33.2 Å². The largest absolute Gasteiger partial charge is 0.370 e. The minimum atomic E-state index is -0.458. The van der Waals surface area contributed by atoms with Gasteiger partial charge < -0.3 is 10.2 Å². The Labute approximate surface area is 151 Å². The van der Waals surface area contributed by atoms with Crippen molar-refractivity contribution in [3.63, 3.8) is 0 Å². The van der Waals surface area contributed by atoms with E-state index in [0.29, 0.717) is 17.9 Å². The number of amides is 1. The van der Waals surface area contributed by atoms with Gasteiger partial charge in [0.15, 0.2) is 0 Å². The van der Waals surface area contributed by atoms with Gasteiger partial charge in [-0.2, -0.15) is 5.10 Å². The zero-order chi connectivity index (χ0) is 18.7. The van der Waals surface area contributed by atoms with Crippen LogP contribution >= 0.6 is 0 Å². The molecule has 8 nitrogen and oxygen atoms in total. The number of hydrogen-bond acceptors (Lipinski definition) is 5. The lowest BCUT2D eigenvalue weighted by molar-refractivity contribution is -0.386. The standard InChI is InChI=1S/C18H23N5O3/c1-13-18(23(25)26)14(2)22(20-13)12-17(24)19-9-11-21-10-5-7-15-6-3-4-8-16(15)21/h3-4,6,8H,5,7,9-12H2,1-2H3,(H,19,24). The van der Waals surface area contributed by atoms with E-state index in [4.69, 9.17) is 0 Å². The van der Waals surface area contributed by atoms with Crippen LogP contribution in [-0.2, 0) is 17.8 Å². The molecule has 0 bridgehead atoms. The molecule has 1 aromatic heterocycles. The number of nitrogens with one attached hydrogen (secondary N) is 1. The fraction of sp³-hybridized carbons (Fsp3) is 0.444. The van der Waals surface area contributed by atoms with Crippen LogP contribution in [0.2, 0.25) is 0 Å². The maximum absolute atomic E-state index is 12.2. The average molecular weight is 357 g/mol. The van der Waals surface area contributed by atoms with Crippen LogP contribution in [0, 0.1) is 24.0 Å². The van der Waals surface area contributed by atoms with Gasteiger partial charge in [0.25, 0.3) is 0 Å². The third-order valence-electron chi connectivity index (χ3n) is 4.73. The Bertz CT molecular complexity index is 830. The molecule has 0 aliphatic carbocycles. The molecule has 3 rings (SSSR count). The van der Waals surface area contributed by atoms with Crippen molar-refractivity contribution in [1.82, 2.24) is 15.1 Å². The number of anilines is 1. The average Bonchev–Trinajstić information content (AvgIpc) is 2.88. The third-order valence-corrected chi connectivity index (χ3v) is 4.73. The lowest BCUT2D eigenvalue weighted by Crippen LogP contribution is -2.38. The van der Waals surface area contributed by atoms with Crippen LogP contribution in [-0.4, -0.2) is 40.2 Å². The van der Waals surface area contributed by atoms with Crippen molar-refractivity contribution < 1.29 is 9.72 Å². The van der Waals surface area contributed by atoms with Crippen molar-refractivity contribution in [2.24, 2.45) is 0 Å². The molecule has 1 N–H and O–H groups in total. The molecule has 1 aliphatic heterocycles. The first-order valence-corrected chi connectivity index (χ1v) is 8.75. The number of benzene rings is 1. The van der Waals surface area contributed by atoms with Crippen LogP contribution in [0.25, 0.3) is 0 Å². The van der Waals surface area contributed by atoms with Gasteiger partial charge in [-0.1, -0.05) is 18.2 Å². The first kappa shape index (κ1) is 17.9. The van der Waals surface area contributed by atoms with Crippen LogP contribution in [0.3, 0.4) is 0 Å². The summed E-state index contributed by atoms with van der Waals surface area (Å²) in [6.45, 7) is 5.41. The molecule has 0 atom stereocenters. The predicted molar refractivity (Wildman–Crippen MR) is 98.3 cm³/mol. The molecular weight excluding hydrogens is 334 g/mol. The monoisotopic (exact) mass is 357 g/mol. The lowest BCUT2D eigenvalue weighted by Gasteiger charge is -2.31. The van der Waals surface area contributed by atoms with Gasteiger partial charge in [-0.15, -0.1) is 0 Å². The summed E-state index contributed by atoms with van der Waals surface area (Å²) in [5.41, 5.74) is 3.28. The molecule has 2 aromatic rings. The second-order valence-corrected chi connectivity index (χ2v) is 6.50. The summed E-state index contributed by atoms with van der Waals surface area (Å²) in [6, 6.07) is 8.35. The van der Waals surface area contributed by atoms with Crippen molar-refractivity contribution in [1.29, 1.82) is 0 Å². The van der Waals surface area contributed by atoms with E-state index >= 15 is 0 Å². The highest BCUT2D eigenvalue weighted by molar-refractivity contribution is 5.76. The van der Waals surface area contributed by atoms with Gasteiger partial charge in [0.2, 0.25) is 5.91 Å². The number of carbonyl (C=O) groups is 1. The van der Waals surface area contributed by atoms with Crippen LogP contribution in [0.1, 0.15) is 23.4 Å². The molecule has 0 radical (unpaired) electrons. The summed E-state index contributed by atoms with van der Waals surface area (Å²) in [5.74, 6) is -0.198. The van der Waals surface area contributed by atoms with E-state index in [0.717, 1.165) is 25.9 Å². The van der Waals surface area contributed by atoms with E-state index in [2.05, 4.69) is 33.5 Å². The Balaban J connectivity index is 1.54. The van der Waals surface area contributed by atoms with Gasteiger partial charge in [0.05, 0.1) is 4.92 Å². The Morgan fingerprint density at radius 3 is 2.85 bits per heavy atom. The van der Waals surface area contributed by atoms with Crippen molar-refractivity contribution >= 4 is 17.3 Å². The van der Waals surface area contributed by atoms with E-state index in [-0.39, 0.29) is 18.1 Å². The molecule has 8 heteroatoms. The first-order chi connectivity index (χ1) is 12.5. The molecule has 0 fully saturated rings. The van der Waals surface area contributed by atoms with Crippen molar-refractivity contribution in [2.75, 3.05) is 24.5 Å². The number of aryl methyl sites for hydroxylation is 2. The molecule has 138 valence electrons. The van der Waals surface area contributed by atoms with Crippen LogP contribution in [0.4, 0.5) is 11.4 Å². The second kappa shape index (κ2) is 7.55. The van der Waals surface area contributed by atoms with Crippen LogP contribution in [0.5, 0.6) is 0 Å². The lowest BCUT2D eigenvalue weighted by atomic mass is 10.0. The number of nitrogens with zero attached hydrogens (tertiary/aromatic N) is 4. The Morgan fingerprint density at radius 1 is 1.35 bits per heavy atom. The predicted octanol–water partition coefficient (Wildman–Crippen LogP) is 1.98. The maximum Gasteiger partial charge on any atom is 0.312 e. The van der Waals surface area contributed by atoms with E-state index in [1.807, 2.05) is 6.07 Å². The second-order valence-electron chi connectivity index (χ2n) is 6.50. The summed E-state index contributed by atoms with van der Waals surface area (Å²) in [5, 5.41) is 18.0. The normalized spacial score (nSPS) is 13.4. The fourth-order valence-corrected chi connectivity index (χ4v) is 3.47. The molecule has 0 spiro atoms. The molecular formula is C18H23N5O3. The summed E-state index contributed by atoms with van der Waals surface area (Å²) in [7, 11) is 0. The SMILES string of the molecule is Cc1nn(CC(=O)NCCN2CCCc3ccccc32)c(C)c1[N+](=O)[O-]. The summed E-state index contributed by atoms with van der Waals surface area (Å²) >= 11 is 0. The van der Waals surface area contributed by atoms with Gasteiger partial charge in [-0.05, 0) is 38.3 Å². The fourth-order valence-electron chi connectivity index (χ4n) is 3.47. The molecule has 1 amide bonds. The van der Waals surface area contributed by atoms with Gasteiger partial charge in [0.1, 0.15) is 17.9 Å². The van der Waals surface area contributed by atoms with Gasteiger partial charge in [-0.25, -0.2) is 0 Å². The number of para-hydroxylation sites is 1. The van der Waals surface area contributed by atoms with Crippen molar-refractivity contribution in [3.8, 4) is 0 Å². The molecule has 0 saturated heterocycles. The molecule has 0 unspecified atom stereocenters. The minimum Gasteiger partial charge on any atom is -0.370 e. The summed E-state index contributed by atoms with van der Waals surface area (Å²) < 4.78 is 1.39.